The first kappa shape index (κ1) is 6.17. The summed E-state index contributed by atoms with van der Waals surface area (Å²) in [4.78, 5) is 3.68. The molecule has 2 rings (SSSR count). The van der Waals surface area contributed by atoms with Gasteiger partial charge in [0.2, 0.25) is 0 Å². The van der Waals surface area contributed by atoms with Gasteiger partial charge in [0.25, 0.3) is 0 Å². The second kappa shape index (κ2) is 3.57. The first-order valence-electron chi connectivity index (χ1n) is 8.12. The van der Waals surface area contributed by atoms with Crippen molar-refractivity contribution in [2.45, 2.75) is 45.7 Å². The van der Waals surface area contributed by atoms with E-state index in [9.17, 15) is 0 Å². The van der Waals surface area contributed by atoms with Gasteiger partial charge in [0.1, 0.15) is 0 Å². The van der Waals surface area contributed by atoms with Gasteiger partial charge in [0.05, 0.1) is 15.3 Å². The monoisotopic (exact) mass is 225 g/mol. The van der Waals surface area contributed by atoms with Crippen LogP contribution in [-0.4, -0.2) is 23.3 Å². The zero-order valence-corrected chi connectivity index (χ0v) is 9.84. The van der Waals surface area contributed by atoms with E-state index in [0.29, 0.717) is 0 Å². The van der Waals surface area contributed by atoms with Gasteiger partial charge in [-0.15, -0.1) is 0 Å². The lowest BCUT2D eigenvalue weighted by atomic mass is 9.80. The molecule has 16 heavy (non-hydrogen) atoms. The van der Waals surface area contributed by atoms with Crippen molar-refractivity contribution in [1.82, 2.24) is 4.98 Å². The van der Waals surface area contributed by atoms with Crippen molar-refractivity contribution < 1.29 is 17.5 Å². The van der Waals surface area contributed by atoms with Crippen LogP contribution in [-0.2, 0) is 9.31 Å². The minimum absolute atomic E-state index is 0.0170. The Bertz CT molecular complexity index is 601. The van der Waals surface area contributed by atoms with Crippen LogP contribution >= 0.6 is 0 Å². The zero-order chi connectivity index (χ0) is 17.1. The summed E-state index contributed by atoms with van der Waals surface area (Å²) >= 11 is 0. The first-order valence-corrected chi connectivity index (χ1v) is 5.12. The van der Waals surface area contributed by atoms with Crippen molar-refractivity contribution in [1.29, 1.82) is 0 Å². The Kier molecular flexibility index (Phi) is 1.38. The van der Waals surface area contributed by atoms with Crippen LogP contribution in [0.3, 0.4) is 0 Å². The third-order valence-corrected chi connectivity index (χ3v) is 3.09. The molecule has 4 heteroatoms. The van der Waals surface area contributed by atoms with Crippen molar-refractivity contribution in [3.05, 3.63) is 24.0 Å². The van der Waals surface area contributed by atoms with Crippen LogP contribution in [0.25, 0.3) is 0 Å². The smallest absolute Gasteiger partial charge is 0.399 e. The van der Waals surface area contributed by atoms with Crippen LogP contribution in [0, 0.1) is 6.85 Å². The highest BCUT2D eigenvalue weighted by Crippen LogP contribution is 2.36. The normalized spacial score (nSPS) is 28.6. The Morgan fingerprint density at radius 1 is 1.25 bits per heavy atom. The molecule has 0 N–H and O–H groups in total. The van der Waals surface area contributed by atoms with Crippen molar-refractivity contribution in [3.63, 3.8) is 0 Å². The van der Waals surface area contributed by atoms with E-state index in [1.54, 1.807) is 0 Å². The summed E-state index contributed by atoms with van der Waals surface area (Å²) in [6.07, 6.45) is -0.411. The predicted octanol–water partition coefficient (Wildman–Crippen LogP) is 1.69. The van der Waals surface area contributed by atoms with Crippen molar-refractivity contribution in [2.24, 2.45) is 0 Å². The van der Waals surface area contributed by atoms with Crippen LogP contribution < -0.4 is 5.46 Å². The molecular weight excluding hydrogens is 201 g/mol. The highest BCUT2D eigenvalue weighted by Gasteiger charge is 2.51. The molecule has 0 aliphatic carbocycles. The molecule has 1 aromatic rings. The van der Waals surface area contributed by atoms with Crippen LogP contribution in [0.15, 0.2) is 18.3 Å². The molecule has 2 heterocycles. The molecule has 0 atom stereocenters. The average molecular weight is 225 g/mol. The highest BCUT2D eigenvalue weighted by atomic mass is 16.7. The van der Waals surface area contributed by atoms with Gasteiger partial charge in [-0.3, -0.25) is 4.98 Å². The fraction of sp³-hybridized carbons (Fsp3) is 0.583. The first-order chi connectivity index (χ1) is 9.78. The lowest BCUT2D eigenvalue weighted by Gasteiger charge is -2.32. The third kappa shape index (κ3) is 1.87. The summed E-state index contributed by atoms with van der Waals surface area (Å²) in [6, 6.07) is -0.926. The van der Waals surface area contributed by atoms with E-state index in [1.807, 2.05) is 27.7 Å². The molecular formula is C12H18BNO2. The van der Waals surface area contributed by atoms with Crippen LogP contribution in [0.4, 0.5) is 0 Å². The SMILES string of the molecule is [2H]c1nc(C([2H])([2H])[2H])c([2H])c([2H])c1B1OC(C)(C)C(C)(C)O1. The second-order valence-corrected chi connectivity index (χ2v) is 4.82. The lowest BCUT2D eigenvalue weighted by Crippen LogP contribution is -2.41. The standard InChI is InChI=1S/C12H18BNO2/c1-9-6-7-10(8-14-9)13-15-11(2,3)12(4,5)16-13/h6-8H,1-5H3/i1D3,6D,7D,8D. The number of pyridine rings is 1. The largest absolute Gasteiger partial charge is 0.496 e. The minimum Gasteiger partial charge on any atom is -0.399 e. The Labute approximate surface area is 106 Å². The van der Waals surface area contributed by atoms with Crippen molar-refractivity contribution in [2.75, 3.05) is 0 Å². The number of hydrogen-bond acceptors (Lipinski definition) is 3. The van der Waals surface area contributed by atoms with Gasteiger partial charge in [0, 0.05) is 21.4 Å². The lowest BCUT2D eigenvalue weighted by molar-refractivity contribution is 0.00578. The van der Waals surface area contributed by atoms with Crippen molar-refractivity contribution >= 4 is 12.6 Å². The number of rotatable bonds is 1. The predicted molar refractivity (Wildman–Crippen MR) is 64.7 cm³/mol. The van der Waals surface area contributed by atoms with E-state index in [0.717, 1.165) is 0 Å². The summed E-state index contributed by atoms with van der Waals surface area (Å²) in [6.45, 7) is 4.66. The van der Waals surface area contributed by atoms with Gasteiger partial charge in [0.15, 0.2) is 0 Å². The van der Waals surface area contributed by atoms with Crippen molar-refractivity contribution in [3.8, 4) is 0 Å². The Hall–Kier alpha value is -0.865. The van der Waals surface area contributed by atoms with Gasteiger partial charge < -0.3 is 9.31 Å². The quantitative estimate of drug-likeness (QED) is 0.681. The van der Waals surface area contributed by atoms with E-state index in [2.05, 4.69) is 4.98 Å². The van der Waals surface area contributed by atoms with Gasteiger partial charge in [-0.2, -0.15) is 0 Å². The zero-order valence-electron chi connectivity index (χ0n) is 15.8. The van der Waals surface area contributed by atoms with Crippen LogP contribution in [0.5, 0.6) is 0 Å². The molecule has 1 fully saturated rings. The maximum Gasteiger partial charge on any atom is 0.496 e. The molecule has 0 unspecified atom stereocenters. The topological polar surface area (TPSA) is 31.4 Å². The molecule has 0 saturated carbocycles. The summed E-state index contributed by atoms with van der Waals surface area (Å²) in [5, 5.41) is 0. The van der Waals surface area contributed by atoms with E-state index in [1.165, 1.54) is 0 Å². The molecule has 3 nitrogen and oxygen atoms in total. The molecule has 86 valence electrons. The summed E-state index contributed by atoms with van der Waals surface area (Å²) in [7, 11) is -1.02. The average Bonchev–Trinajstić information content (AvgIpc) is 2.51. The van der Waals surface area contributed by atoms with E-state index >= 15 is 0 Å². The van der Waals surface area contributed by atoms with Crippen LogP contribution in [0.2, 0.25) is 0 Å². The molecule has 1 saturated heterocycles. The Balaban J connectivity index is 2.54. The van der Waals surface area contributed by atoms with E-state index < -0.39 is 49.1 Å². The maximum absolute atomic E-state index is 8.02. The van der Waals surface area contributed by atoms with Gasteiger partial charge >= 0.3 is 7.12 Å². The summed E-state index contributed by atoms with van der Waals surface area (Å²) < 4.78 is 57.3. The van der Waals surface area contributed by atoms with Gasteiger partial charge in [-0.1, -0.05) is 6.04 Å². The maximum atomic E-state index is 8.02. The molecule has 1 aliphatic rings. The number of aryl methyl sites for hydroxylation is 1. The van der Waals surface area contributed by atoms with Crippen LogP contribution in [0.1, 0.15) is 41.6 Å². The molecule has 0 aromatic carbocycles. The molecule has 1 aromatic heterocycles. The summed E-state index contributed by atoms with van der Waals surface area (Å²) in [5.41, 5.74) is -1.90. The second-order valence-electron chi connectivity index (χ2n) is 4.82. The minimum atomic E-state index is -2.64. The fourth-order valence-electron chi connectivity index (χ4n) is 1.37. The molecule has 1 aliphatic heterocycles. The molecule has 0 spiro atoms. The Morgan fingerprint density at radius 2 is 1.88 bits per heavy atom. The number of nitrogens with zero attached hydrogens (tertiary/aromatic N) is 1. The highest BCUT2D eigenvalue weighted by molar-refractivity contribution is 6.62. The van der Waals surface area contributed by atoms with Gasteiger partial charge in [-0.25, -0.2) is 0 Å². The van der Waals surface area contributed by atoms with E-state index in [-0.39, 0.29) is 5.46 Å². The van der Waals surface area contributed by atoms with Gasteiger partial charge in [-0.05, 0) is 40.6 Å². The third-order valence-electron chi connectivity index (χ3n) is 3.09. The molecule has 0 amide bonds. The molecule has 0 bridgehead atoms. The number of hydrogen-bond donors (Lipinski definition) is 0. The molecule has 0 radical (unpaired) electrons. The fourth-order valence-corrected chi connectivity index (χ4v) is 1.37. The summed E-state index contributed by atoms with van der Waals surface area (Å²) in [5.74, 6) is 0. The number of aromatic nitrogens is 1. The Morgan fingerprint density at radius 3 is 2.44 bits per heavy atom. The van der Waals surface area contributed by atoms with E-state index in [4.69, 9.17) is 17.5 Å².